The zero-order chi connectivity index (χ0) is 15.9. The highest BCUT2D eigenvalue weighted by atomic mass is 14.2. The molecular formula is C22H18B2. The van der Waals surface area contributed by atoms with E-state index in [1.54, 1.807) is 10.9 Å². The Morgan fingerprint density at radius 3 is 1.38 bits per heavy atom. The molecule has 5 rings (SSSR count). The molecule has 0 radical (unpaired) electrons. The highest BCUT2D eigenvalue weighted by Gasteiger charge is 2.48. The van der Waals surface area contributed by atoms with Crippen molar-refractivity contribution in [1.29, 1.82) is 0 Å². The first-order valence-corrected chi connectivity index (χ1v) is 8.80. The fraction of sp³-hybridized carbons (Fsp3) is 0.0909. The van der Waals surface area contributed by atoms with Crippen LogP contribution >= 0.6 is 0 Å². The Hall–Kier alpha value is -2.47. The van der Waals surface area contributed by atoms with Crippen molar-refractivity contribution in [2.75, 3.05) is 0 Å². The Morgan fingerprint density at radius 2 is 0.958 bits per heavy atom. The maximum Gasteiger partial charge on any atom is 0.214 e. The molecule has 24 heavy (non-hydrogen) atoms. The lowest BCUT2D eigenvalue weighted by Crippen LogP contribution is -2.51. The molecule has 0 amide bonds. The van der Waals surface area contributed by atoms with E-state index in [1.165, 1.54) is 10.9 Å². The van der Waals surface area contributed by atoms with Crippen molar-refractivity contribution >= 4 is 24.4 Å². The molecule has 1 aliphatic heterocycles. The van der Waals surface area contributed by atoms with Crippen LogP contribution in [-0.2, 0) is 0 Å². The third-order valence-electron chi connectivity index (χ3n) is 5.74. The van der Waals surface area contributed by atoms with E-state index >= 15 is 0 Å². The van der Waals surface area contributed by atoms with E-state index in [9.17, 15) is 0 Å². The van der Waals surface area contributed by atoms with Crippen molar-refractivity contribution in [1.82, 2.24) is 0 Å². The van der Waals surface area contributed by atoms with Gasteiger partial charge in [0.05, 0.1) is 0 Å². The maximum atomic E-state index is 2.40. The first-order valence-electron chi connectivity index (χ1n) is 8.80. The average Bonchev–Trinajstić information content (AvgIpc) is 3.30. The Bertz CT molecular complexity index is 799. The molecular weight excluding hydrogens is 286 g/mol. The highest BCUT2D eigenvalue weighted by molar-refractivity contribution is 6.94. The van der Waals surface area contributed by atoms with Gasteiger partial charge in [-0.1, -0.05) is 119 Å². The van der Waals surface area contributed by atoms with Gasteiger partial charge in [-0.25, -0.2) is 0 Å². The van der Waals surface area contributed by atoms with Crippen LogP contribution in [0.3, 0.4) is 0 Å². The van der Waals surface area contributed by atoms with E-state index in [4.69, 9.17) is 0 Å². The Labute approximate surface area is 144 Å². The first-order chi connectivity index (χ1) is 11.9. The third kappa shape index (κ3) is 2.03. The summed E-state index contributed by atoms with van der Waals surface area (Å²) < 4.78 is 0. The van der Waals surface area contributed by atoms with E-state index in [0.717, 1.165) is 0 Å². The quantitative estimate of drug-likeness (QED) is 0.744. The summed E-state index contributed by atoms with van der Waals surface area (Å²) in [5.74, 6) is 0.972. The van der Waals surface area contributed by atoms with Gasteiger partial charge in [-0.05, 0) is 11.6 Å². The lowest BCUT2D eigenvalue weighted by molar-refractivity contribution is 1.19. The van der Waals surface area contributed by atoms with Crippen molar-refractivity contribution in [2.24, 2.45) is 0 Å². The predicted octanol–water partition coefficient (Wildman–Crippen LogP) is 3.62. The van der Waals surface area contributed by atoms with Gasteiger partial charge in [-0.15, -0.1) is 0 Å². The first kappa shape index (κ1) is 13.9. The molecule has 1 fully saturated rings. The third-order valence-corrected chi connectivity index (χ3v) is 5.74. The number of benzene rings is 2. The summed E-state index contributed by atoms with van der Waals surface area (Å²) in [6.45, 7) is 0.937. The molecule has 2 atom stereocenters. The largest absolute Gasteiger partial charge is 0.214 e. The molecule has 0 bridgehead atoms. The second-order valence-corrected chi connectivity index (χ2v) is 6.93. The summed E-state index contributed by atoms with van der Waals surface area (Å²) in [7, 11) is 0. The molecule has 0 aromatic heterocycles. The second-order valence-electron chi connectivity index (χ2n) is 6.93. The van der Waals surface area contributed by atoms with Gasteiger partial charge in [0.25, 0.3) is 0 Å². The highest BCUT2D eigenvalue weighted by Crippen LogP contribution is 2.47. The van der Waals surface area contributed by atoms with Gasteiger partial charge >= 0.3 is 0 Å². The van der Waals surface area contributed by atoms with Crippen LogP contribution in [0, 0.1) is 0 Å². The van der Waals surface area contributed by atoms with Gasteiger partial charge < -0.3 is 0 Å². The average molecular weight is 304 g/mol. The van der Waals surface area contributed by atoms with Crippen LogP contribution in [0.15, 0.2) is 108 Å². The van der Waals surface area contributed by atoms with Gasteiger partial charge in [0.2, 0.25) is 13.4 Å². The molecule has 2 unspecified atom stereocenters. The van der Waals surface area contributed by atoms with Gasteiger partial charge in [0.15, 0.2) is 0 Å². The van der Waals surface area contributed by atoms with E-state index in [2.05, 4.69) is 97.1 Å². The van der Waals surface area contributed by atoms with Crippen LogP contribution in [0.25, 0.3) is 0 Å². The van der Waals surface area contributed by atoms with Crippen LogP contribution in [-0.4, -0.2) is 13.4 Å². The number of hydrogen-bond acceptors (Lipinski definition) is 0. The lowest BCUT2D eigenvalue weighted by Gasteiger charge is -2.39. The van der Waals surface area contributed by atoms with Crippen LogP contribution < -0.4 is 10.9 Å². The van der Waals surface area contributed by atoms with Crippen LogP contribution in [0.2, 0.25) is 11.6 Å². The van der Waals surface area contributed by atoms with Crippen molar-refractivity contribution < 1.29 is 0 Å². The normalized spacial score (nSPS) is 23.8. The minimum atomic E-state index is 0.469. The van der Waals surface area contributed by atoms with Crippen molar-refractivity contribution in [2.45, 2.75) is 11.6 Å². The smallest absolute Gasteiger partial charge is 0.0942 e. The van der Waals surface area contributed by atoms with Crippen molar-refractivity contribution in [3.05, 3.63) is 108 Å². The molecule has 0 saturated carbocycles. The zero-order valence-corrected chi connectivity index (χ0v) is 13.5. The molecule has 0 nitrogen and oxygen atoms in total. The standard InChI is InChI=1S/C22H18B2/c1-3-9-17(10-4-1)23-19-13-7-15-21(19)24(18-11-5-2-6-12-18)22-16-8-14-20(22)23/h1-16,19,22H. The number of hydrogen-bond donors (Lipinski definition) is 0. The minimum absolute atomic E-state index is 0.469. The fourth-order valence-corrected chi connectivity index (χ4v) is 4.78. The van der Waals surface area contributed by atoms with Crippen LogP contribution in [0.1, 0.15) is 0 Å². The van der Waals surface area contributed by atoms with Crippen LogP contribution in [0.5, 0.6) is 0 Å². The summed E-state index contributed by atoms with van der Waals surface area (Å²) in [4.78, 5) is 0. The molecule has 0 N–H and O–H groups in total. The van der Waals surface area contributed by atoms with E-state index in [1.807, 2.05) is 0 Å². The summed E-state index contributed by atoms with van der Waals surface area (Å²) in [6.07, 6.45) is 14.0. The Morgan fingerprint density at radius 1 is 0.542 bits per heavy atom. The molecule has 2 aliphatic carbocycles. The topological polar surface area (TPSA) is 0 Å². The van der Waals surface area contributed by atoms with Crippen LogP contribution in [0.4, 0.5) is 0 Å². The van der Waals surface area contributed by atoms with Gasteiger partial charge in [0, 0.05) is 0 Å². The fourth-order valence-electron chi connectivity index (χ4n) is 4.78. The van der Waals surface area contributed by atoms with Crippen molar-refractivity contribution in [3.63, 3.8) is 0 Å². The molecule has 2 aromatic carbocycles. The minimum Gasteiger partial charge on any atom is -0.0942 e. The zero-order valence-electron chi connectivity index (χ0n) is 13.5. The summed E-state index contributed by atoms with van der Waals surface area (Å²) in [5.41, 5.74) is 6.02. The van der Waals surface area contributed by atoms with E-state index in [-0.39, 0.29) is 0 Å². The SMILES string of the molecule is C1=CC2B(c3ccccc3)C3=CC=CC3B(c3ccccc3)C2=C1. The molecule has 2 aromatic rings. The van der Waals surface area contributed by atoms with E-state index in [0.29, 0.717) is 25.1 Å². The Kier molecular flexibility index (Phi) is 3.23. The van der Waals surface area contributed by atoms with Gasteiger partial charge in [0.1, 0.15) is 0 Å². The number of fused-ring (bicyclic) bond motifs is 2. The number of allylic oxidation sites excluding steroid dienone is 8. The van der Waals surface area contributed by atoms with Gasteiger partial charge in [-0.2, -0.15) is 0 Å². The molecule has 1 saturated heterocycles. The lowest BCUT2D eigenvalue weighted by atomic mass is 9.14. The maximum absolute atomic E-state index is 2.40. The summed E-state index contributed by atoms with van der Waals surface area (Å²) in [6, 6.07) is 22.0. The summed E-state index contributed by atoms with van der Waals surface area (Å²) >= 11 is 0. The van der Waals surface area contributed by atoms with Crippen molar-refractivity contribution in [3.8, 4) is 0 Å². The molecule has 2 heteroatoms. The molecule has 112 valence electrons. The monoisotopic (exact) mass is 304 g/mol. The molecule has 1 heterocycles. The Balaban J connectivity index is 1.65. The molecule has 3 aliphatic rings. The second kappa shape index (κ2) is 5.56. The predicted molar refractivity (Wildman–Crippen MR) is 106 cm³/mol. The van der Waals surface area contributed by atoms with E-state index < -0.39 is 0 Å². The van der Waals surface area contributed by atoms with Gasteiger partial charge in [-0.3, -0.25) is 0 Å². The summed E-state index contributed by atoms with van der Waals surface area (Å²) in [5, 5.41) is 0. The molecule has 0 spiro atoms. The number of rotatable bonds is 2.